The number of aromatic amines is 2. The highest BCUT2D eigenvalue weighted by Crippen LogP contribution is 2.24. The number of thiol groups is 1. The van der Waals surface area contributed by atoms with Crippen LogP contribution in [0.4, 0.5) is 13.2 Å². The number of aryl methyl sites for hydroxylation is 3. The van der Waals surface area contributed by atoms with E-state index in [-0.39, 0.29) is 36.6 Å². The van der Waals surface area contributed by atoms with Crippen molar-refractivity contribution in [3.05, 3.63) is 355 Å². The van der Waals surface area contributed by atoms with Gasteiger partial charge in [-0.05, 0) is 199 Å². The predicted octanol–water partition coefficient (Wildman–Crippen LogP) is 14.0. The van der Waals surface area contributed by atoms with Gasteiger partial charge < -0.3 is 35.5 Å². The summed E-state index contributed by atoms with van der Waals surface area (Å²) in [6, 6.07) is 68.8. The van der Waals surface area contributed by atoms with Crippen LogP contribution in [0.5, 0.6) is 0 Å². The Balaban J connectivity index is 0.000000271. The van der Waals surface area contributed by atoms with Crippen LogP contribution in [0.15, 0.2) is 304 Å². The molecule has 26 nitrogen and oxygen atoms in total. The topological polar surface area (TPSA) is 405 Å². The van der Waals surface area contributed by atoms with E-state index in [1.54, 1.807) is 180 Å². The number of carboxylic acid groups (broad SMARTS) is 3. The number of rotatable bonds is 19. The Kier molecular flexibility index (Phi) is 42.3. The van der Waals surface area contributed by atoms with Crippen LogP contribution < -0.4 is 9.44 Å². The summed E-state index contributed by atoms with van der Waals surface area (Å²) in [7, 11) is -8.73. The van der Waals surface area contributed by atoms with E-state index in [1.165, 1.54) is 28.2 Å². The lowest BCUT2D eigenvalue weighted by atomic mass is 9.89. The van der Waals surface area contributed by atoms with E-state index >= 15 is 0 Å². The first kappa shape index (κ1) is 94.9. The zero-order valence-corrected chi connectivity index (χ0v) is 66.2. The molecule has 0 aliphatic rings. The number of pyridine rings is 10. The van der Waals surface area contributed by atoms with Crippen molar-refractivity contribution in [2.24, 2.45) is 0 Å². The van der Waals surface area contributed by atoms with Crippen LogP contribution in [-0.4, -0.2) is 126 Å². The third-order valence-corrected chi connectivity index (χ3v) is 17.5. The fraction of sp³-hybridized carbons (Fsp3) is 0.193. The standard InChI is InChI=1S/C12H12N2O2S.C11H12N2.C9H8N2.C9H11NO2.C8H9NO2.C8H11NO.C7H7F3N2O2S.C7H7NO2.C6H7NO.C6H7NS/c15-17(16,12-7-2-1-3-8-12)14-10-11-6-4-5-9-13-11;1-8-7-9(2)13-11(8)10-5-3-4-6-12-10;1-2-6-10-8(4-1)9-5-3-7-11-9;1-9(2,8(11)12)7-5-3-4-6-10-7;10-8(11)5-4-7-3-1-2-6-9-7;1-8(2,10)7-5-3-4-6-9-7;8-7(9,10)15(13,14)12-5-6-3-1-2-4-11-6;9-7(10)5-6-3-1-2-4-8-6;2*8-5-6-3-1-2-4-7-6/h1-9,14H,10H2;3-7,13H,1-2H3;1-7,11H;3-6H,1-2H3,(H,11,12);1-3,6H,4-5H2,(H,10,11);3-6,10H,1-2H3;1-4,12H,5H2;1-4H,5H2,(H,9,10);2*1-4,8H,5H2. The Labute approximate surface area is 671 Å². The van der Waals surface area contributed by atoms with Gasteiger partial charge in [-0.2, -0.15) is 25.8 Å². The Hall–Kier alpha value is -12.4. The number of halogens is 3. The van der Waals surface area contributed by atoms with Gasteiger partial charge in [-0.3, -0.25) is 64.2 Å². The number of aromatic nitrogens is 12. The van der Waals surface area contributed by atoms with Crippen LogP contribution in [0.1, 0.15) is 90.9 Å². The summed E-state index contributed by atoms with van der Waals surface area (Å²) in [5.41, 5.74) is 4.94. The zero-order valence-electron chi connectivity index (χ0n) is 63.7. The molecule has 0 fully saturated rings. The van der Waals surface area contributed by atoms with Crippen molar-refractivity contribution in [2.45, 2.75) is 108 Å². The fourth-order valence-corrected chi connectivity index (χ4v) is 10.3. The number of nitrogens with one attached hydrogen (secondary N) is 4. The molecule has 0 amide bonds. The molecule has 12 aromatic heterocycles. The maximum atomic E-state index is 11.9. The summed E-state index contributed by atoms with van der Waals surface area (Å²) in [6.45, 7) is 10.6. The molecule has 0 aliphatic heterocycles. The summed E-state index contributed by atoms with van der Waals surface area (Å²) >= 11 is 4.05. The van der Waals surface area contributed by atoms with Gasteiger partial charge >= 0.3 is 33.4 Å². The van der Waals surface area contributed by atoms with E-state index in [9.17, 15) is 49.5 Å². The minimum absolute atomic E-state index is 0.000833. The summed E-state index contributed by atoms with van der Waals surface area (Å²) in [5, 5.41) is 43.4. The first-order valence-electron chi connectivity index (χ1n) is 34.9. The Morgan fingerprint density at radius 1 is 0.461 bits per heavy atom. The molecular formula is C83H91F3N14O12S3. The van der Waals surface area contributed by atoms with Crippen molar-refractivity contribution in [3.63, 3.8) is 0 Å². The van der Waals surface area contributed by atoms with Crippen LogP contribution >= 0.6 is 12.6 Å². The molecule has 0 spiro atoms. The van der Waals surface area contributed by atoms with Gasteiger partial charge in [0.2, 0.25) is 10.0 Å². The van der Waals surface area contributed by atoms with Gasteiger partial charge in [0, 0.05) is 97.4 Å². The SMILES string of the molecule is CC(C)(C(=O)O)c1ccccn1.CC(C)(O)c1ccccn1.Cc1cc(C)c(-c2ccccn2)[nH]1.O=C(O)CCc1ccccn1.O=C(O)Cc1ccccn1.O=S(=O)(NCc1ccccn1)C(F)(F)F.O=S(=O)(NCc1ccccn1)c1ccccc1.OCc1ccccn1.SCc1ccccn1.c1ccc(-c2ccc[nH]2)nc1. The summed E-state index contributed by atoms with van der Waals surface area (Å²) in [6.07, 6.45) is 19.1. The number of H-pyrrole nitrogens is 2. The third kappa shape index (κ3) is 39.1. The van der Waals surface area contributed by atoms with Gasteiger partial charge in [0.05, 0.1) is 94.4 Å². The van der Waals surface area contributed by atoms with E-state index in [0.717, 1.165) is 39.9 Å². The molecule has 604 valence electrons. The first-order valence-corrected chi connectivity index (χ1v) is 38.5. The highest BCUT2D eigenvalue weighted by atomic mass is 32.2. The van der Waals surface area contributed by atoms with Crippen LogP contribution in [0.25, 0.3) is 22.8 Å². The lowest BCUT2D eigenvalue weighted by Gasteiger charge is -2.17. The highest BCUT2D eigenvalue weighted by molar-refractivity contribution is 7.90. The van der Waals surface area contributed by atoms with Crippen LogP contribution in [-0.2, 0) is 83.7 Å². The molecule has 12 heterocycles. The Bertz CT molecular complexity index is 4990. The molecule has 0 aliphatic carbocycles. The van der Waals surface area contributed by atoms with Crippen molar-refractivity contribution >= 4 is 50.6 Å². The molecule has 13 aromatic rings. The maximum absolute atomic E-state index is 11.9. The molecule has 0 unspecified atom stereocenters. The number of hydrogen-bond acceptors (Lipinski definition) is 20. The summed E-state index contributed by atoms with van der Waals surface area (Å²) in [5.74, 6) is -1.77. The molecule has 1 aromatic carbocycles. The van der Waals surface area contributed by atoms with Gasteiger partial charge in [0.1, 0.15) is 11.0 Å². The molecule has 13 rings (SSSR count). The van der Waals surface area contributed by atoms with Crippen LogP contribution in [0.2, 0.25) is 0 Å². The van der Waals surface area contributed by atoms with Gasteiger partial charge in [-0.15, -0.1) is 0 Å². The van der Waals surface area contributed by atoms with Gasteiger partial charge in [0.15, 0.2) is 0 Å². The monoisotopic (exact) mass is 1630 g/mol. The normalized spacial score (nSPS) is 10.6. The number of hydrogen-bond donors (Lipinski definition) is 10. The van der Waals surface area contributed by atoms with E-state index in [4.69, 9.17) is 20.4 Å². The average Bonchev–Trinajstić information content (AvgIpc) is 1.61. The predicted molar refractivity (Wildman–Crippen MR) is 436 cm³/mol. The van der Waals surface area contributed by atoms with Gasteiger partial charge in [-0.1, -0.05) is 78.9 Å². The van der Waals surface area contributed by atoms with Crippen molar-refractivity contribution in [2.75, 3.05) is 0 Å². The minimum Gasteiger partial charge on any atom is -0.481 e. The van der Waals surface area contributed by atoms with Gasteiger partial charge in [-0.25, -0.2) is 26.3 Å². The first-order chi connectivity index (χ1) is 54.8. The molecule has 0 radical (unpaired) electrons. The van der Waals surface area contributed by atoms with E-state index in [1.807, 2.05) is 128 Å². The van der Waals surface area contributed by atoms with E-state index in [0.29, 0.717) is 34.9 Å². The smallest absolute Gasteiger partial charge is 0.481 e. The van der Waals surface area contributed by atoms with Crippen LogP contribution in [0, 0.1) is 13.8 Å². The van der Waals surface area contributed by atoms with Crippen molar-refractivity contribution in [3.8, 4) is 22.8 Å². The average molecular weight is 1630 g/mol. The number of aliphatic hydroxyl groups excluding tert-OH is 1. The minimum atomic E-state index is -5.29. The zero-order chi connectivity index (χ0) is 84.4. The number of aliphatic hydroxyl groups is 2. The largest absolute Gasteiger partial charge is 0.511 e. The van der Waals surface area contributed by atoms with E-state index < -0.39 is 61.0 Å². The number of carboxylic acids is 3. The number of nitrogens with zero attached hydrogens (tertiary/aromatic N) is 10. The second kappa shape index (κ2) is 51.3. The third-order valence-electron chi connectivity index (χ3n) is 14.6. The second-order valence-corrected chi connectivity index (χ2v) is 28.4. The number of benzene rings is 1. The molecular weight excluding hydrogens is 1540 g/mol. The number of sulfonamides is 2. The molecule has 32 heteroatoms. The maximum Gasteiger partial charge on any atom is 0.511 e. The van der Waals surface area contributed by atoms with E-state index in [2.05, 4.69) is 97.1 Å². The van der Waals surface area contributed by atoms with Crippen molar-refractivity contribution in [1.29, 1.82) is 0 Å². The number of alkyl halides is 3. The molecule has 0 bridgehead atoms. The number of carbonyl (C=O) groups is 3. The van der Waals surface area contributed by atoms with Crippen molar-refractivity contribution < 1.29 is 69.9 Å². The second-order valence-electron chi connectivity index (χ2n) is 24.6. The summed E-state index contributed by atoms with van der Waals surface area (Å²) < 4.78 is 84.4. The molecule has 115 heavy (non-hydrogen) atoms. The van der Waals surface area contributed by atoms with Crippen LogP contribution in [0.3, 0.4) is 0 Å². The molecule has 0 saturated carbocycles. The van der Waals surface area contributed by atoms with Gasteiger partial charge in [0.25, 0.3) is 0 Å². The molecule has 0 saturated heterocycles. The quantitative estimate of drug-likeness (QED) is 0.0336. The summed E-state index contributed by atoms with van der Waals surface area (Å²) in [4.78, 5) is 77.6. The lowest BCUT2D eigenvalue weighted by Crippen LogP contribution is -2.36. The Morgan fingerprint density at radius 3 is 1.21 bits per heavy atom. The van der Waals surface area contributed by atoms with Crippen molar-refractivity contribution in [1.82, 2.24) is 69.3 Å². The Morgan fingerprint density at radius 2 is 0.870 bits per heavy atom. The molecule has 9 N–H and O–H groups in total. The molecule has 0 atom stereocenters. The highest BCUT2D eigenvalue weighted by Gasteiger charge is 2.45. The number of aliphatic carboxylic acids is 3. The fourth-order valence-electron chi connectivity index (χ4n) is 8.61. The lowest BCUT2D eigenvalue weighted by molar-refractivity contribution is -0.142.